The van der Waals surface area contributed by atoms with Crippen LogP contribution in [0.4, 0.5) is 4.79 Å². The lowest BCUT2D eigenvalue weighted by Gasteiger charge is -2.16. The van der Waals surface area contributed by atoms with Crippen LogP contribution in [0, 0.1) is 0 Å². The number of hydrogen-bond acceptors (Lipinski definition) is 4. The standard InChI is InChI=1S/C20H21N3O3/c1-14(17-10-4-7-15-6-2-3-9-18(15)17)21-13-19(24)23-20(25)22-12-16-8-5-11-26-16/h2-11,14,21H,12-13H2,1H3,(H2,22,23,24,25)/t14-/m0/s1. The fourth-order valence-electron chi connectivity index (χ4n) is 2.78. The van der Waals surface area contributed by atoms with Crippen LogP contribution < -0.4 is 16.0 Å². The third kappa shape index (κ3) is 4.49. The number of fused-ring (bicyclic) bond motifs is 1. The molecule has 0 aliphatic rings. The van der Waals surface area contributed by atoms with Gasteiger partial charge in [0.1, 0.15) is 5.76 Å². The molecule has 0 aliphatic carbocycles. The van der Waals surface area contributed by atoms with E-state index in [-0.39, 0.29) is 19.1 Å². The number of amides is 3. The molecule has 1 aromatic heterocycles. The molecule has 0 aliphatic heterocycles. The quantitative estimate of drug-likeness (QED) is 0.637. The molecule has 3 amide bonds. The summed E-state index contributed by atoms with van der Waals surface area (Å²) in [5.41, 5.74) is 1.11. The molecule has 6 nitrogen and oxygen atoms in total. The van der Waals surface area contributed by atoms with E-state index in [1.54, 1.807) is 12.1 Å². The Kier molecular flexibility index (Phi) is 5.66. The van der Waals surface area contributed by atoms with Gasteiger partial charge in [-0.3, -0.25) is 10.1 Å². The summed E-state index contributed by atoms with van der Waals surface area (Å²) in [7, 11) is 0. The molecular formula is C20H21N3O3. The van der Waals surface area contributed by atoms with E-state index in [4.69, 9.17) is 4.42 Å². The first-order valence-electron chi connectivity index (χ1n) is 8.44. The van der Waals surface area contributed by atoms with Crippen LogP contribution in [0.1, 0.15) is 24.3 Å². The van der Waals surface area contributed by atoms with Gasteiger partial charge in [-0.15, -0.1) is 0 Å². The highest BCUT2D eigenvalue weighted by atomic mass is 16.3. The van der Waals surface area contributed by atoms with Crippen molar-refractivity contribution in [2.75, 3.05) is 6.54 Å². The first-order chi connectivity index (χ1) is 12.6. The predicted octanol–water partition coefficient (Wildman–Crippen LogP) is 3.11. The molecule has 0 saturated heterocycles. The van der Waals surface area contributed by atoms with Crippen molar-refractivity contribution in [1.29, 1.82) is 0 Å². The van der Waals surface area contributed by atoms with Crippen LogP contribution in [0.15, 0.2) is 65.3 Å². The number of urea groups is 1. The lowest BCUT2D eigenvalue weighted by molar-refractivity contribution is -0.119. The highest BCUT2D eigenvalue weighted by Gasteiger charge is 2.12. The first kappa shape index (κ1) is 17.7. The fourth-order valence-corrected chi connectivity index (χ4v) is 2.78. The number of furan rings is 1. The zero-order chi connectivity index (χ0) is 18.4. The Hall–Kier alpha value is -3.12. The van der Waals surface area contributed by atoms with E-state index in [1.165, 1.54) is 6.26 Å². The highest BCUT2D eigenvalue weighted by Crippen LogP contribution is 2.23. The van der Waals surface area contributed by atoms with Gasteiger partial charge in [0.2, 0.25) is 5.91 Å². The predicted molar refractivity (Wildman–Crippen MR) is 99.5 cm³/mol. The summed E-state index contributed by atoms with van der Waals surface area (Å²) in [5, 5.41) is 10.3. The normalized spacial score (nSPS) is 11.9. The van der Waals surface area contributed by atoms with Crippen LogP contribution in [0.5, 0.6) is 0 Å². The van der Waals surface area contributed by atoms with Gasteiger partial charge in [0.25, 0.3) is 0 Å². The summed E-state index contributed by atoms with van der Waals surface area (Å²) in [5.74, 6) is 0.226. The monoisotopic (exact) mass is 351 g/mol. The summed E-state index contributed by atoms with van der Waals surface area (Å²) in [6.07, 6.45) is 1.53. The molecule has 6 heteroatoms. The maximum absolute atomic E-state index is 12.0. The van der Waals surface area contributed by atoms with Crippen molar-refractivity contribution in [1.82, 2.24) is 16.0 Å². The van der Waals surface area contributed by atoms with Gasteiger partial charge in [0.15, 0.2) is 0 Å². The topological polar surface area (TPSA) is 83.4 Å². The molecule has 26 heavy (non-hydrogen) atoms. The van der Waals surface area contributed by atoms with E-state index in [1.807, 2.05) is 31.2 Å². The Labute approximate surface area is 151 Å². The molecule has 0 bridgehead atoms. The number of carbonyl (C=O) groups is 2. The number of carbonyl (C=O) groups excluding carboxylic acids is 2. The minimum Gasteiger partial charge on any atom is -0.467 e. The summed E-state index contributed by atoms with van der Waals surface area (Å²) < 4.78 is 5.11. The number of benzene rings is 2. The van der Waals surface area contributed by atoms with Crippen molar-refractivity contribution >= 4 is 22.7 Å². The Morgan fingerprint density at radius 3 is 2.65 bits per heavy atom. The Balaban J connectivity index is 1.49. The summed E-state index contributed by atoms with van der Waals surface area (Å²) in [6.45, 7) is 2.26. The molecule has 0 saturated carbocycles. The molecule has 0 fully saturated rings. The number of hydrogen-bond donors (Lipinski definition) is 3. The lowest BCUT2D eigenvalue weighted by Crippen LogP contribution is -2.43. The Morgan fingerprint density at radius 2 is 1.85 bits per heavy atom. The molecule has 134 valence electrons. The molecule has 0 spiro atoms. The first-order valence-corrected chi connectivity index (χ1v) is 8.44. The molecular weight excluding hydrogens is 330 g/mol. The number of rotatable bonds is 6. The second-order valence-electron chi connectivity index (χ2n) is 5.98. The SMILES string of the molecule is C[C@H](NCC(=O)NC(=O)NCc1ccco1)c1cccc2ccccc12. The van der Waals surface area contributed by atoms with Crippen molar-refractivity contribution in [3.63, 3.8) is 0 Å². The van der Waals surface area contributed by atoms with Crippen LogP contribution in [-0.2, 0) is 11.3 Å². The van der Waals surface area contributed by atoms with Crippen LogP contribution in [0.2, 0.25) is 0 Å². The van der Waals surface area contributed by atoms with Crippen LogP contribution in [-0.4, -0.2) is 18.5 Å². The maximum Gasteiger partial charge on any atom is 0.321 e. The minimum absolute atomic E-state index is 0.0296. The summed E-state index contributed by atoms with van der Waals surface area (Å²) >= 11 is 0. The molecule has 0 unspecified atom stereocenters. The van der Waals surface area contributed by atoms with E-state index >= 15 is 0 Å². The van der Waals surface area contributed by atoms with Gasteiger partial charge in [-0.05, 0) is 35.4 Å². The van der Waals surface area contributed by atoms with E-state index in [9.17, 15) is 9.59 Å². The van der Waals surface area contributed by atoms with E-state index in [0.717, 1.165) is 16.3 Å². The van der Waals surface area contributed by atoms with Crippen molar-refractivity contribution in [2.24, 2.45) is 0 Å². The van der Waals surface area contributed by atoms with Gasteiger partial charge < -0.3 is 15.1 Å². The molecule has 3 aromatic rings. The van der Waals surface area contributed by atoms with Gasteiger partial charge >= 0.3 is 6.03 Å². The van der Waals surface area contributed by atoms with Crippen LogP contribution in [0.3, 0.4) is 0 Å². The van der Waals surface area contributed by atoms with Gasteiger partial charge in [-0.1, -0.05) is 42.5 Å². The Bertz CT molecular complexity index is 885. The van der Waals surface area contributed by atoms with Gasteiger partial charge in [0.05, 0.1) is 19.4 Å². The smallest absolute Gasteiger partial charge is 0.321 e. The average molecular weight is 351 g/mol. The van der Waals surface area contributed by atoms with Crippen molar-refractivity contribution in [3.8, 4) is 0 Å². The molecule has 3 N–H and O–H groups in total. The highest BCUT2D eigenvalue weighted by molar-refractivity contribution is 5.95. The molecule has 1 heterocycles. The van der Waals surface area contributed by atoms with Crippen molar-refractivity contribution < 1.29 is 14.0 Å². The average Bonchev–Trinajstić information content (AvgIpc) is 3.17. The van der Waals surface area contributed by atoms with E-state index < -0.39 is 11.9 Å². The minimum atomic E-state index is -0.550. The second kappa shape index (κ2) is 8.31. The number of nitrogens with one attached hydrogen (secondary N) is 3. The van der Waals surface area contributed by atoms with E-state index in [0.29, 0.717) is 5.76 Å². The largest absolute Gasteiger partial charge is 0.467 e. The van der Waals surface area contributed by atoms with Crippen molar-refractivity contribution in [2.45, 2.75) is 19.5 Å². The molecule has 2 aromatic carbocycles. The third-order valence-corrected chi connectivity index (χ3v) is 4.11. The maximum atomic E-state index is 12.0. The third-order valence-electron chi connectivity index (χ3n) is 4.11. The molecule has 3 rings (SSSR count). The molecule has 0 radical (unpaired) electrons. The number of imide groups is 1. The zero-order valence-corrected chi connectivity index (χ0v) is 14.5. The van der Waals surface area contributed by atoms with E-state index in [2.05, 4.69) is 34.1 Å². The van der Waals surface area contributed by atoms with Crippen LogP contribution in [0.25, 0.3) is 10.8 Å². The van der Waals surface area contributed by atoms with Crippen molar-refractivity contribution in [3.05, 3.63) is 72.2 Å². The summed E-state index contributed by atoms with van der Waals surface area (Å²) in [6, 6.07) is 17.1. The zero-order valence-electron chi connectivity index (χ0n) is 14.5. The van der Waals surface area contributed by atoms with Crippen LogP contribution >= 0.6 is 0 Å². The van der Waals surface area contributed by atoms with Gasteiger partial charge in [-0.2, -0.15) is 0 Å². The lowest BCUT2D eigenvalue weighted by atomic mass is 10.00. The van der Waals surface area contributed by atoms with Gasteiger partial charge in [-0.25, -0.2) is 4.79 Å². The summed E-state index contributed by atoms with van der Waals surface area (Å²) in [4.78, 5) is 23.7. The molecule has 1 atom stereocenters. The van der Waals surface area contributed by atoms with Gasteiger partial charge in [0, 0.05) is 6.04 Å². The Morgan fingerprint density at radius 1 is 1.04 bits per heavy atom. The second-order valence-corrected chi connectivity index (χ2v) is 5.98. The fraction of sp³-hybridized carbons (Fsp3) is 0.200.